The molecule has 1 unspecified atom stereocenters. The normalized spacial score (nSPS) is 13.4. The molecule has 0 aromatic heterocycles. The van der Waals surface area contributed by atoms with Gasteiger partial charge in [0, 0.05) is 0 Å². The molecule has 0 aliphatic rings. The number of phenols is 1. The summed E-state index contributed by atoms with van der Waals surface area (Å²) in [5.74, 6) is 0.360. The van der Waals surface area contributed by atoms with Crippen LogP contribution in [0.25, 0.3) is 0 Å². The van der Waals surface area contributed by atoms with Crippen LogP contribution in [-0.4, -0.2) is 11.3 Å². The van der Waals surface area contributed by atoms with Gasteiger partial charge in [0.1, 0.15) is 12.4 Å². The molecule has 0 amide bonds. The van der Waals surface area contributed by atoms with Crippen molar-refractivity contribution in [2.75, 3.05) is 6.16 Å². The molecule has 0 saturated carbocycles. The van der Waals surface area contributed by atoms with Gasteiger partial charge in [-0.05, 0) is 51.1 Å². The van der Waals surface area contributed by atoms with E-state index in [0.29, 0.717) is 18.5 Å². The summed E-state index contributed by atoms with van der Waals surface area (Å²) in [6.07, 6.45) is 0.520. The third-order valence-corrected chi connectivity index (χ3v) is 4.35. The lowest BCUT2D eigenvalue weighted by molar-refractivity contribution is 0.318. The number of rotatable bonds is 4. The van der Waals surface area contributed by atoms with Crippen molar-refractivity contribution in [2.45, 2.75) is 65.9 Å². The lowest BCUT2D eigenvalue weighted by Crippen LogP contribution is -2.18. The standard InChI is InChI=1S/C17H27O3P/c1-8-21(19)20-11-12-9-13(16(2,3)4)15(18)14(10-12)17(5,6)7/h9-10H,8,11H2,1-7H3/p+1. The molecule has 0 fully saturated rings. The monoisotopic (exact) mass is 311 g/mol. The van der Waals surface area contributed by atoms with Gasteiger partial charge in [-0.2, -0.15) is 0 Å². The van der Waals surface area contributed by atoms with Crippen molar-refractivity contribution in [2.24, 2.45) is 0 Å². The van der Waals surface area contributed by atoms with E-state index in [1.54, 1.807) is 0 Å². The molecule has 1 aromatic carbocycles. The van der Waals surface area contributed by atoms with E-state index in [2.05, 4.69) is 41.5 Å². The second kappa shape index (κ2) is 6.46. The summed E-state index contributed by atoms with van der Waals surface area (Å²) >= 11 is 0. The fraction of sp³-hybridized carbons (Fsp3) is 0.647. The van der Waals surface area contributed by atoms with Crippen LogP contribution in [-0.2, 0) is 26.5 Å². The van der Waals surface area contributed by atoms with Gasteiger partial charge in [-0.1, -0.05) is 41.5 Å². The molecule has 1 N–H and O–H groups in total. The van der Waals surface area contributed by atoms with Crippen LogP contribution < -0.4 is 0 Å². The van der Waals surface area contributed by atoms with Gasteiger partial charge in [-0.15, -0.1) is 4.52 Å². The summed E-state index contributed by atoms with van der Waals surface area (Å²) in [7, 11) is -1.60. The molecule has 0 aliphatic carbocycles. The summed E-state index contributed by atoms with van der Waals surface area (Å²) in [6, 6.07) is 3.92. The van der Waals surface area contributed by atoms with Gasteiger partial charge in [0.15, 0.2) is 6.16 Å². The van der Waals surface area contributed by atoms with E-state index < -0.39 is 8.03 Å². The first-order valence-corrected chi connectivity index (χ1v) is 8.77. The molecule has 3 nitrogen and oxygen atoms in total. The average Bonchev–Trinajstić information content (AvgIpc) is 2.34. The van der Waals surface area contributed by atoms with Gasteiger partial charge in [-0.25, -0.2) is 0 Å². The molecule has 0 radical (unpaired) electrons. The Kier molecular flexibility index (Phi) is 5.57. The maximum absolute atomic E-state index is 11.5. The van der Waals surface area contributed by atoms with Crippen molar-refractivity contribution in [3.8, 4) is 5.75 Å². The number of aromatic hydroxyl groups is 1. The van der Waals surface area contributed by atoms with Gasteiger partial charge < -0.3 is 5.11 Å². The number of benzene rings is 1. The lowest BCUT2D eigenvalue weighted by Gasteiger charge is -2.28. The minimum absolute atomic E-state index is 0.160. The highest BCUT2D eigenvalue weighted by molar-refractivity contribution is 7.39. The molecule has 118 valence electrons. The molecule has 1 rings (SSSR count). The summed E-state index contributed by atoms with van der Waals surface area (Å²) in [4.78, 5) is 0. The Labute approximate surface area is 129 Å². The third kappa shape index (κ3) is 4.79. The van der Waals surface area contributed by atoms with E-state index in [1.807, 2.05) is 19.1 Å². The Balaban J connectivity index is 3.31. The number of hydrogen-bond donors (Lipinski definition) is 1. The van der Waals surface area contributed by atoms with Crippen LogP contribution in [0.1, 0.15) is 65.2 Å². The predicted octanol–water partition coefficient (Wildman–Crippen LogP) is 5.27. The van der Waals surface area contributed by atoms with Crippen LogP contribution in [0.5, 0.6) is 5.75 Å². The Morgan fingerprint density at radius 1 is 1.05 bits per heavy atom. The van der Waals surface area contributed by atoms with Crippen LogP contribution in [0.15, 0.2) is 12.1 Å². The first-order valence-electron chi connectivity index (χ1n) is 7.41. The second-order valence-corrected chi connectivity index (χ2v) is 9.02. The van der Waals surface area contributed by atoms with E-state index in [9.17, 15) is 9.67 Å². The lowest BCUT2D eigenvalue weighted by atomic mass is 9.78. The second-order valence-electron chi connectivity index (χ2n) is 7.46. The summed E-state index contributed by atoms with van der Waals surface area (Å²) in [5.41, 5.74) is 2.44. The molecule has 0 bridgehead atoms. The van der Waals surface area contributed by atoms with Crippen LogP contribution in [0.3, 0.4) is 0 Å². The van der Waals surface area contributed by atoms with E-state index >= 15 is 0 Å². The number of phenolic OH excluding ortho intramolecular Hbond substituents is 1. The van der Waals surface area contributed by atoms with Gasteiger partial charge in [-0.3, -0.25) is 0 Å². The highest BCUT2D eigenvalue weighted by atomic mass is 31.1. The van der Waals surface area contributed by atoms with Crippen LogP contribution in [0.2, 0.25) is 0 Å². The smallest absolute Gasteiger partial charge is 0.507 e. The zero-order valence-corrected chi connectivity index (χ0v) is 15.2. The fourth-order valence-corrected chi connectivity index (χ4v) is 2.63. The fourth-order valence-electron chi connectivity index (χ4n) is 2.16. The maximum atomic E-state index is 11.5. The van der Waals surface area contributed by atoms with Crippen molar-refractivity contribution in [3.63, 3.8) is 0 Å². The highest BCUT2D eigenvalue weighted by Crippen LogP contribution is 2.40. The molecule has 0 aliphatic heterocycles. The minimum atomic E-state index is -1.60. The van der Waals surface area contributed by atoms with Crippen molar-refractivity contribution < 1.29 is 14.2 Å². The van der Waals surface area contributed by atoms with Crippen molar-refractivity contribution in [1.29, 1.82) is 0 Å². The molecule has 0 heterocycles. The summed E-state index contributed by atoms with van der Waals surface area (Å²) < 4.78 is 16.9. The molecule has 4 heteroatoms. The topological polar surface area (TPSA) is 46.5 Å². The minimum Gasteiger partial charge on any atom is -0.507 e. The van der Waals surface area contributed by atoms with Gasteiger partial charge >= 0.3 is 8.03 Å². The van der Waals surface area contributed by atoms with Gasteiger partial charge in [0.2, 0.25) is 0 Å². The summed E-state index contributed by atoms with van der Waals surface area (Å²) in [5, 5.41) is 10.6. The van der Waals surface area contributed by atoms with Crippen molar-refractivity contribution in [3.05, 3.63) is 28.8 Å². The molecular weight excluding hydrogens is 283 g/mol. The predicted molar refractivity (Wildman–Crippen MR) is 88.4 cm³/mol. The molecule has 0 saturated heterocycles. The third-order valence-electron chi connectivity index (χ3n) is 3.42. The molecule has 21 heavy (non-hydrogen) atoms. The van der Waals surface area contributed by atoms with Crippen LogP contribution >= 0.6 is 8.03 Å². The first-order chi connectivity index (χ1) is 9.46. The quantitative estimate of drug-likeness (QED) is 0.771. The average molecular weight is 311 g/mol. The van der Waals surface area contributed by atoms with Crippen LogP contribution in [0, 0.1) is 0 Å². The molecule has 0 spiro atoms. The Morgan fingerprint density at radius 3 is 1.81 bits per heavy atom. The molecule has 1 aromatic rings. The molecular formula is C17H28O3P+. The SMILES string of the molecule is CC[P+](=O)OCc1cc(C(C)(C)C)c(O)c(C(C)(C)C)c1. The highest BCUT2D eigenvalue weighted by Gasteiger charge is 2.27. The van der Waals surface area contributed by atoms with E-state index in [1.165, 1.54) is 0 Å². The Morgan fingerprint density at radius 2 is 1.48 bits per heavy atom. The van der Waals surface area contributed by atoms with Crippen LogP contribution in [0.4, 0.5) is 0 Å². The van der Waals surface area contributed by atoms with Crippen molar-refractivity contribution >= 4 is 8.03 Å². The number of hydrogen-bond acceptors (Lipinski definition) is 3. The van der Waals surface area contributed by atoms with Gasteiger partial charge in [0.05, 0.1) is 0 Å². The molecule has 1 atom stereocenters. The van der Waals surface area contributed by atoms with E-state index in [-0.39, 0.29) is 10.8 Å². The Bertz CT molecular complexity index is 487. The summed E-state index contributed by atoms with van der Waals surface area (Å²) in [6.45, 7) is 14.6. The zero-order chi connectivity index (χ0) is 16.4. The van der Waals surface area contributed by atoms with E-state index in [4.69, 9.17) is 4.52 Å². The van der Waals surface area contributed by atoms with Gasteiger partial charge in [0.25, 0.3) is 0 Å². The largest absolute Gasteiger partial charge is 0.508 e. The zero-order valence-electron chi connectivity index (χ0n) is 14.3. The Hall–Kier alpha value is -0.920. The van der Waals surface area contributed by atoms with E-state index in [0.717, 1.165) is 16.7 Å². The van der Waals surface area contributed by atoms with Crippen molar-refractivity contribution in [1.82, 2.24) is 0 Å². The first kappa shape index (κ1) is 18.1. The maximum Gasteiger partial charge on any atom is 0.508 e.